The number of nitrogens with zero attached hydrogens (tertiary/aromatic N) is 2. The summed E-state index contributed by atoms with van der Waals surface area (Å²) in [6.07, 6.45) is 3.19. The standard InChI is InChI=1S/C19H19BrN2O/c20-16-9-11-17(12-10-16)22(19-8-4-5-13-21-19)14-18(23)15-6-2-1-3-7-15/h1-3,6-7,9-12H,4-5,8,13-14H2. The Labute approximate surface area is 145 Å². The number of hydrogen-bond acceptors (Lipinski definition) is 3. The van der Waals surface area contributed by atoms with Crippen LogP contribution in [0.4, 0.5) is 5.69 Å². The van der Waals surface area contributed by atoms with E-state index in [4.69, 9.17) is 0 Å². The first-order valence-electron chi connectivity index (χ1n) is 7.89. The molecule has 0 spiro atoms. The van der Waals surface area contributed by atoms with Crippen LogP contribution in [0.2, 0.25) is 0 Å². The summed E-state index contributed by atoms with van der Waals surface area (Å²) in [6.45, 7) is 1.17. The number of anilines is 1. The lowest BCUT2D eigenvalue weighted by Crippen LogP contribution is -2.37. The molecule has 0 aromatic heterocycles. The lowest BCUT2D eigenvalue weighted by molar-refractivity contribution is 0.100. The zero-order valence-corrected chi connectivity index (χ0v) is 14.5. The summed E-state index contributed by atoms with van der Waals surface area (Å²) in [5.41, 5.74) is 1.75. The van der Waals surface area contributed by atoms with Gasteiger partial charge in [0.05, 0.1) is 6.54 Å². The van der Waals surface area contributed by atoms with Crippen LogP contribution in [0.1, 0.15) is 29.6 Å². The highest BCUT2D eigenvalue weighted by Gasteiger charge is 2.19. The normalized spacial score (nSPS) is 14.2. The molecule has 0 bridgehead atoms. The first-order valence-corrected chi connectivity index (χ1v) is 8.68. The highest BCUT2D eigenvalue weighted by Crippen LogP contribution is 2.22. The molecule has 2 aromatic carbocycles. The highest BCUT2D eigenvalue weighted by atomic mass is 79.9. The van der Waals surface area contributed by atoms with Crippen molar-refractivity contribution in [1.82, 2.24) is 0 Å². The monoisotopic (exact) mass is 370 g/mol. The number of hydrogen-bond donors (Lipinski definition) is 0. The lowest BCUT2D eigenvalue weighted by Gasteiger charge is -2.28. The van der Waals surface area contributed by atoms with Crippen molar-refractivity contribution in [1.29, 1.82) is 0 Å². The van der Waals surface area contributed by atoms with Crippen molar-refractivity contribution >= 4 is 33.2 Å². The molecule has 0 atom stereocenters. The maximum Gasteiger partial charge on any atom is 0.182 e. The zero-order chi connectivity index (χ0) is 16.1. The summed E-state index contributed by atoms with van der Waals surface area (Å²) >= 11 is 3.46. The van der Waals surface area contributed by atoms with Crippen LogP contribution in [0, 0.1) is 0 Å². The molecule has 1 heterocycles. The van der Waals surface area contributed by atoms with Crippen LogP contribution in [0.5, 0.6) is 0 Å². The van der Waals surface area contributed by atoms with E-state index < -0.39 is 0 Å². The predicted octanol–water partition coefficient (Wildman–Crippen LogP) is 4.72. The van der Waals surface area contributed by atoms with E-state index in [0.29, 0.717) is 6.54 Å². The van der Waals surface area contributed by atoms with Crippen molar-refractivity contribution in [3.8, 4) is 0 Å². The van der Waals surface area contributed by atoms with E-state index >= 15 is 0 Å². The van der Waals surface area contributed by atoms with Gasteiger partial charge in [0, 0.05) is 28.7 Å². The van der Waals surface area contributed by atoms with Gasteiger partial charge in [0.25, 0.3) is 0 Å². The number of carbonyl (C=O) groups excluding carboxylic acids is 1. The van der Waals surface area contributed by atoms with Crippen LogP contribution in [-0.2, 0) is 0 Å². The fraction of sp³-hybridized carbons (Fsp3) is 0.263. The highest BCUT2D eigenvalue weighted by molar-refractivity contribution is 9.10. The molecule has 118 valence electrons. The average Bonchev–Trinajstić information content (AvgIpc) is 2.62. The molecule has 23 heavy (non-hydrogen) atoms. The minimum Gasteiger partial charge on any atom is -0.322 e. The third-order valence-corrected chi connectivity index (χ3v) is 4.48. The first-order chi connectivity index (χ1) is 11.2. The molecule has 1 aliphatic rings. The van der Waals surface area contributed by atoms with Crippen molar-refractivity contribution in [2.24, 2.45) is 4.99 Å². The maximum atomic E-state index is 12.6. The van der Waals surface area contributed by atoms with Crippen molar-refractivity contribution in [2.45, 2.75) is 19.3 Å². The smallest absolute Gasteiger partial charge is 0.182 e. The summed E-state index contributed by atoms with van der Waals surface area (Å²) < 4.78 is 1.03. The van der Waals surface area contributed by atoms with Crippen molar-refractivity contribution in [3.05, 3.63) is 64.6 Å². The van der Waals surface area contributed by atoms with Gasteiger partial charge in [-0.2, -0.15) is 0 Å². The van der Waals surface area contributed by atoms with E-state index in [1.807, 2.05) is 54.6 Å². The quantitative estimate of drug-likeness (QED) is 0.729. The van der Waals surface area contributed by atoms with E-state index in [0.717, 1.165) is 47.4 Å². The summed E-state index contributed by atoms with van der Waals surface area (Å²) in [4.78, 5) is 19.3. The minimum absolute atomic E-state index is 0.113. The van der Waals surface area contributed by atoms with Gasteiger partial charge in [-0.1, -0.05) is 46.3 Å². The van der Waals surface area contributed by atoms with Crippen LogP contribution in [0.15, 0.2) is 64.1 Å². The minimum atomic E-state index is 0.113. The topological polar surface area (TPSA) is 32.7 Å². The maximum absolute atomic E-state index is 12.6. The lowest BCUT2D eigenvalue weighted by atomic mass is 10.1. The number of ketones is 1. The summed E-state index contributed by atoms with van der Waals surface area (Å²) in [7, 11) is 0. The number of rotatable bonds is 4. The fourth-order valence-corrected chi connectivity index (χ4v) is 2.98. The first kappa shape index (κ1) is 15.9. The van der Waals surface area contributed by atoms with Crippen LogP contribution >= 0.6 is 15.9 Å². The number of amidine groups is 1. The van der Waals surface area contributed by atoms with Crippen LogP contribution in [0.3, 0.4) is 0 Å². The molecule has 0 saturated carbocycles. The number of halogens is 1. The Morgan fingerprint density at radius 3 is 2.43 bits per heavy atom. The van der Waals surface area contributed by atoms with Gasteiger partial charge in [0.15, 0.2) is 5.78 Å². The molecule has 0 saturated heterocycles. The SMILES string of the molecule is O=C(CN(C1=NCCCC1)c1ccc(Br)cc1)c1ccccc1. The van der Waals surface area contributed by atoms with Gasteiger partial charge < -0.3 is 4.90 Å². The third kappa shape index (κ3) is 4.08. The van der Waals surface area contributed by atoms with Gasteiger partial charge >= 0.3 is 0 Å². The van der Waals surface area contributed by atoms with Gasteiger partial charge in [-0.15, -0.1) is 0 Å². The molecule has 4 heteroatoms. The fourth-order valence-electron chi connectivity index (χ4n) is 2.71. The number of Topliss-reactive ketones (excluding diaryl/α,β-unsaturated/α-hetero) is 1. The van der Waals surface area contributed by atoms with Gasteiger partial charge in [-0.3, -0.25) is 9.79 Å². The van der Waals surface area contributed by atoms with Crippen LogP contribution in [0.25, 0.3) is 0 Å². The molecule has 0 N–H and O–H groups in total. The van der Waals surface area contributed by atoms with Crippen LogP contribution < -0.4 is 4.90 Å². The molecule has 0 unspecified atom stereocenters. The molecule has 3 nitrogen and oxygen atoms in total. The zero-order valence-electron chi connectivity index (χ0n) is 12.9. The van der Waals surface area contributed by atoms with E-state index in [-0.39, 0.29) is 5.78 Å². The number of benzene rings is 2. The number of aliphatic imine (C=N–C) groups is 1. The second kappa shape index (κ2) is 7.55. The Bertz CT molecular complexity index is 695. The Morgan fingerprint density at radius 2 is 1.78 bits per heavy atom. The second-order valence-corrected chi connectivity index (χ2v) is 6.52. The van der Waals surface area contributed by atoms with E-state index in [2.05, 4.69) is 25.8 Å². The van der Waals surface area contributed by atoms with Crippen molar-refractivity contribution < 1.29 is 4.79 Å². The van der Waals surface area contributed by atoms with Gasteiger partial charge in [-0.25, -0.2) is 0 Å². The van der Waals surface area contributed by atoms with Crippen molar-refractivity contribution in [2.75, 3.05) is 18.0 Å². The second-order valence-electron chi connectivity index (χ2n) is 5.61. The van der Waals surface area contributed by atoms with Gasteiger partial charge in [0.2, 0.25) is 0 Å². The molecular weight excluding hydrogens is 352 g/mol. The molecular formula is C19H19BrN2O. The van der Waals surface area contributed by atoms with E-state index in [1.165, 1.54) is 0 Å². The Hall–Kier alpha value is -1.94. The average molecular weight is 371 g/mol. The molecule has 0 aliphatic carbocycles. The third-order valence-electron chi connectivity index (χ3n) is 3.95. The molecule has 2 aromatic rings. The van der Waals surface area contributed by atoms with Gasteiger partial charge in [-0.05, 0) is 37.1 Å². The Balaban J connectivity index is 1.87. The Morgan fingerprint density at radius 1 is 1.04 bits per heavy atom. The Kier molecular flexibility index (Phi) is 5.23. The van der Waals surface area contributed by atoms with Crippen molar-refractivity contribution in [3.63, 3.8) is 0 Å². The predicted molar refractivity (Wildman–Crippen MR) is 98.4 cm³/mol. The molecule has 3 rings (SSSR count). The molecule has 1 aliphatic heterocycles. The molecule has 0 radical (unpaired) electrons. The molecule has 0 amide bonds. The van der Waals surface area contributed by atoms with Gasteiger partial charge in [0.1, 0.15) is 5.84 Å². The summed E-state index contributed by atoms with van der Waals surface area (Å²) in [5, 5.41) is 0. The van der Waals surface area contributed by atoms with E-state index in [9.17, 15) is 4.79 Å². The van der Waals surface area contributed by atoms with Crippen LogP contribution in [-0.4, -0.2) is 24.7 Å². The van der Waals surface area contributed by atoms with E-state index in [1.54, 1.807) is 0 Å². The number of carbonyl (C=O) groups is 1. The largest absolute Gasteiger partial charge is 0.322 e. The molecule has 0 fully saturated rings. The summed E-state index contributed by atoms with van der Waals surface area (Å²) in [5.74, 6) is 1.13. The summed E-state index contributed by atoms with van der Waals surface area (Å²) in [6, 6.07) is 17.5.